The molecule has 0 aliphatic carbocycles. The first-order chi connectivity index (χ1) is 11.1. The van der Waals surface area contributed by atoms with E-state index in [4.69, 9.17) is 4.74 Å². The molecule has 5 heteroatoms. The van der Waals surface area contributed by atoms with Gasteiger partial charge in [-0.05, 0) is 36.7 Å². The van der Waals surface area contributed by atoms with Crippen LogP contribution in [0.1, 0.15) is 11.1 Å². The second kappa shape index (κ2) is 8.29. The highest BCUT2D eigenvalue weighted by atomic mass is 19.1. The molecule has 122 valence electrons. The molecule has 2 rings (SSSR count). The fourth-order valence-corrected chi connectivity index (χ4v) is 2.30. The van der Waals surface area contributed by atoms with Gasteiger partial charge in [-0.15, -0.1) is 0 Å². The highest BCUT2D eigenvalue weighted by Gasteiger charge is 2.16. The average molecular weight is 316 g/mol. The van der Waals surface area contributed by atoms with Crippen molar-refractivity contribution in [1.29, 1.82) is 0 Å². The number of ether oxygens (including phenoxy) is 1. The smallest absolute Gasteiger partial charge is 0.237 e. The van der Waals surface area contributed by atoms with Crippen LogP contribution in [0.2, 0.25) is 0 Å². The van der Waals surface area contributed by atoms with Crippen molar-refractivity contribution in [3.05, 3.63) is 65.5 Å². The number of amides is 1. The van der Waals surface area contributed by atoms with E-state index in [9.17, 15) is 9.18 Å². The Morgan fingerprint density at radius 2 is 1.91 bits per heavy atom. The number of hydrogen-bond donors (Lipinski definition) is 2. The molecule has 0 spiro atoms. The lowest BCUT2D eigenvalue weighted by atomic mass is 10.1. The van der Waals surface area contributed by atoms with Crippen molar-refractivity contribution < 1.29 is 13.9 Å². The fraction of sp³-hybridized carbons (Fsp3) is 0.278. The number of methoxy groups -OCH3 is 1. The van der Waals surface area contributed by atoms with Crippen molar-refractivity contribution in [2.45, 2.75) is 19.0 Å². The van der Waals surface area contributed by atoms with E-state index in [0.29, 0.717) is 13.0 Å². The van der Waals surface area contributed by atoms with Crippen LogP contribution in [0.5, 0.6) is 5.75 Å². The maximum absolute atomic E-state index is 13.4. The lowest BCUT2D eigenvalue weighted by molar-refractivity contribution is -0.123. The molecule has 1 atom stereocenters. The van der Waals surface area contributed by atoms with Gasteiger partial charge >= 0.3 is 0 Å². The molecule has 2 aromatic carbocycles. The summed E-state index contributed by atoms with van der Waals surface area (Å²) in [5.74, 6) is -0.342. The molecule has 0 aliphatic rings. The molecule has 4 nitrogen and oxygen atoms in total. The molecule has 0 saturated carbocycles. The monoisotopic (exact) mass is 316 g/mol. The second-order valence-corrected chi connectivity index (χ2v) is 5.22. The zero-order valence-corrected chi connectivity index (χ0v) is 13.3. The van der Waals surface area contributed by atoms with Crippen LogP contribution in [0, 0.1) is 5.82 Å². The largest absolute Gasteiger partial charge is 0.494 e. The zero-order chi connectivity index (χ0) is 16.7. The highest BCUT2D eigenvalue weighted by Crippen LogP contribution is 2.18. The van der Waals surface area contributed by atoms with Gasteiger partial charge in [0.1, 0.15) is 0 Å². The molecule has 0 aromatic heterocycles. The van der Waals surface area contributed by atoms with Crippen LogP contribution in [-0.2, 0) is 17.8 Å². The van der Waals surface area contributed by atoms with Gasteiger partial charge in [0, 0.05) is 6.54 Å². The molecule has 0 bridgehead atoms. The number of carbonyl (C=O) groups is 1. The number of hydrogen-bond acceptors (Lipinski definition) is 3. The number of benzene rings is 2. The summed E-state index contributed by atoms with van der Waals surface area (Å²) in [7, 11) is 3.17. The third kappa shape index (κ3) is 4.79. The number of rotatable bonds is 7. The summed E-state index contributed by atoms with van der Waals surface area (Å²) in [6.07, 6.45) is 0.607. The molecule has 0 fully saturated rings. The molecule has 0 unspecified atom stereocenters. The maximum Gasteiger partial charge on any atom is 0.237 e. The SMILES string of the molecule is CN[C@H](Cc1ccccc1)C(=O)NCc1ccc(F)c(OC)c1. The molecular weight excluding hydrogens is 295 g/mol. The van der Waals surface area contributed by atoms with E-state index in [2.05, 4.69) is 10.6 Å². The van der Waals surface area contributed by atoms with Crippen LogP contribution in [0.25, 0.3) is 0 Å². The van der Waals surface area contributed by atoms with E-state index >= 15 is 0 Å². The molecule has 2 aromatic rings. The fourth-order valence-electron chi connectivity index (χ4n) is 2.30. The first kappa shape index (κ1) is 17.0. The minimum Gasteiger partial charge on any atom is -0.494 e. The highest BCUT2D eigenvalue weighted by molar-refractivity contribution is 5.82. The van der Waals surface area contributed by atoms with E-state index in [1.54, 1.807) is 19.2 Å². The molecule has 2 N–H and O–H groups in total. The second-order valence-electron chi connectivity index (χ2n) is 5.22. The van der Waals surface area contributed by atoms with Gasteiger partial charge in [0.25, 0.3) is 0 Å². The van der Waals surface area contributed by atoms with Gasteiger partial charge in [-0.3, -0.25) is 4.79 Å². The normalized spacial score (nSPS) is 11.8. The van der Waals surface area contributed by atoms with Gasteiger partial charge in [0.15, 0.2) is 11.6 Å². The third-order valence-electron chi connectivity index (χ3n) is 3.63. The van der Waals surface area contributed by atoms with Crippen molar-refractivity contribution in [1.82, 2.24) is 10.6 Å². The van der Waals surface area contributed by atoms with Crippen LogP contribution in [0.15, 0.2) is 48.5 Å². The Morgan fingerprint density at radius 3 is 2.57 bits per heavy atom. The van der Waals surface area contributed by atoms with E-state index in [0.717, 1.165) is 11.1 Å². The summed E-state index contributed by atoms with van der Waals surface area (Å²) in [6.45, 7) is 0.322. The minimum atomic E-state index is -0.417. The summed E-state index contributed by atoms with van der Waals surface area (Å²) in [5.41, 5.74) is 1.87. The Morgan fingerprint density at radius 1 is 1.17 bits per heavy atom. The Bertz CT molecular complexity index is 647. The molecule has 1 amide bonds. The number of carbonyl (C=O) groups excluding carboxylic acids is 1. The van der Waals surface area contributed by atoms with Gasteiger partial charge in [-0.1, -0.05) is 36.4 Å². The van der Waals surface area contributed by atoms with Crippen molar-refractivity contribution in [2.24, 2.45) is 0 Å². The van der Waals surface area contributed by atoms with Crippen LogP contribution < -0.4 is 15.4 Å². The number of halogens is 1. The lowest BCUT2D eigenvalue weighted by Gasteiger charge is -2.16. The summed E-state index contributed by atoms with van der Waals surface area (Å²) in [6, 6.07) is 14.0. The van der Waals surface area contributed by atoms with Crippen molar-refractivity contribution >= 4 is 5.91 Å². The standard InChI is InChI=1S/C18H21FN2O2/c1-20-16(10-13-6-4-3-5-7-13)18(22)21-12-14-8-9-15(19)17(11-14)23-2/h3-9,11,16,20H,10,12H2,1-2H3,(H,21,22)/t16-/m1/s1. The third-order valence-corrected chi connectivity index (χ3v) is 3.63. The lowest BCUT2D eigenvalue weighted by Crippen LogP contribution is -2.43. The summed E-state index contributed by atoms with van der Waals surface area (Å²) in [4.78, 5) is 12.3. The van der Waals surface area contributed by atoms with Gasteiger partial charge in [0.2, 0.25) is 5.91 Å². The summed E-state index contributed by atoms with van der Waals surface area (Å²) in [5, 5.41) is 5.88. The Kier molecular flexibility index (Phi) is 6.11. The molecular formula is C18H21FN2O2. The zero-order valence-electron chi connectivity index (χ0n) is 13.3. The average Bonchev–Trinajstić information content (AvgIpc) is 2.59. The van der Waals surface area contributed by atoms with Crippen molar-refractivity contribution in [3.63, 3.8) is 0 Å². The van der Waals surface area contributed by atoms with Gasteiger partial charge in [0.05, 0.1) is 13.2 Å². The topological polar surface area (TPSA) is 50.4 Å². The van der Waals surface area contributed by atoms with E-state index < -0.39 is 5.82 Å². The predicted molar refractivity (Wildman–Crippen MR) is 87.8 cm³/mol. The van der Waals surface area contributed by atoms with Crippen LogP contribution in [0.3, 0.4) is 0 Å². The first-order valence-corrected chi connectivity index (χ1v) is 7.45. The quantitative estimate of drug-likeness (QED) is 0.824. The van der Waals surface area contributed by atoms with Crippen LogP contribution in [-0.4, -0.2) is 26.1 Å². The van der Waals surface area contributed by atoms with E-state index in [1.165, 1.54) is 13.2 Å². The van der Waals surface area contributed by atoms with Gasteiger partial charge in [-0.25, -0.2) is 4.39 Å². The Balaban J connectivity index is 1.94. The molecule has 23 heavy (non-hydrogen) atoms. The Labute approximate surface area is 135 Å². The van der Waals surface area contributed by atoms with Crippen LogP contribution >= 0.6 is 0 Å². The molecule has 0 heterocycles. The van der Waals surface area contributed by atoms with E-state index in [-0.39, 0.29) is 17.7 Å². The summed E-state index contributed by atoms with van der Waals surface area (Å²) >= 11 is 0. The molecule has 0 saturated heterocycles. The summed E-state index contributed by atoms with van der Waals surface area (Å²) < 4.78 is 18.3. The molecule has 0 aliphatic heterocycles. The van der Waals surface area contributed by atoms with Crippen molar-refractivity contribution in [2.75, 3.05) is 14.2 Å². The Hall–Kier alpha value is -2.40. The van der Waals surface area contributed by atoms with Gasteiger partial charge in [-0.2, -0.15) is 0 Å². The first-order valence-electron chi connectivity index (χ1n) is 7.45. The predicted octanol–water partition coefficient (Wildman–Crippen LogP) is 2.28. The van der Waals surface area contributed by atoms with Crippen LogP contribution in [0.4, 0.5) is 4.39 Å². The van der Waals surface area contributed by atoms with Gasteiger partial charge < -0.3 is 15.4 Å². The maximum atomic E-state index is 13.4. The van der Waals surface area contributed by atoms with E-state index in [1.807, 2.05) is 30.3 Å². The number of nitrogens with one attached hydrogen (secondary N) is 2. The molecule has 0 radical (unpaired) electrons. The van der Waals surface area contributed by atoms with Crippen molar-refractivity contribution in [3.8, 4) is 5.75 Å². The minimum absolute atomic E-state index is 0.0976. The number of likely N-dealkylation sites (N-methyl/N-ethyl adjacent to an activating group) is 1.